The van der Waals surface area contributed by atoms with Gasteiger partial charge in [-0.05, 0) is 44.2 Å². The Morgan fingerprint density at radius 1 is 1.00 bits per heavy atom. The lowest BCUT2D eigenvalue weighted by Gasteiger charge is -2.12. The fourth-order valence-electron chi connectivity index (χ4n) is 3.01. The van der Waals surface area contributed by atoms with Gasteiger partial charge in [-0.1, -0.05) is 11.2 Å². The monoisotopic (exact) mass is 440 g/mol. The van der Waals surface area contributed by atoms with E-state index in [9.17, 15) is 22.8 Å². The molecule has 2 aromatic carbocycles. The lowest BCUT2D eigenvalue weighted by Crippen LogP contribution is -2.33. The molecule has 162 valence electrons. The number of carbonyl (C=O) groups is 2. The van der Waals surface area contributed by atoms with Gasteiger partial charge in [0.05, 0.1) is 18.1 Å². The molecule has 7 nitrogen and oxygen atoms in total. The number of ketones is 1. The SMILES string of the molecule is CC1(C)ON=C(c2ccc(F)c(-c3cnc(NC(=O)c4c(F)cccc4F)cn3)c2)C1=O. The Labute approximate surface area is 180 Å². The smallest absolute Gasteiger partial charge is 0.262 e. The maximum absolute atomic E-state index is 14.4. The number of hydrogen-bond donors (Lipinski definition) is 1. The van der Waals surface area contributed by atoms with E-state index in [1.165, 1.54) is 18.3 Å². The van der Waals surface area contributed by atoms with Crippen molar-refractivity contribution in [2.24, 2.45) is 5.16 Å². The summed E-state index contributed by atoms with van der Waals surface area (Å²) < 4.78 is 41.9. The first-order valence-corrected chi connectivity index (χ1v) is 9.36. The van der Waals surface area contributed by atoms with E-state index in [1.54, 1.807) is 13.8 Å². The van der Waals surface area contributed by atoms with Gasteiger partial charge in [-0.15, -0.1) is 0 Å². The van der Waals surface area contributed by atoms with Crippen LogP contribution < -0.4 is 5.32 Å². The minimum absolute atomic E-state index is 0.0354. The van der Waals surface area contributed by atoms with Crippen molar-refractivity contribution in [2.45, 2.75) is 19.4 Å². The average molecular weight is 440 g/mol. The number of benzene rings is 2. The Hall–Kier alpha value is -4.08. The van der Waals surface area contributed by atoms with Crippen LogP contribution in [0.25, 0.3) is 11.3 Å². The molecular weight excluding hydrogens is 425 g/mol. The molecule has 0 radical (unpaired) electrons. The maximum Gasteiger partial charge on any atom is 0.262 e. The van der Waals surface area contributed by atoms with Gasteiger partial charge < -0.3 is 10.2 Å². The molecule has 1 aliphatic rings. The molecule has 2 heterocycles. The Balaban J connectivity index is 1.58. The Morgan fingerprint density at radius 3 is 2.31 bits per heavy atom. The lowest BCUT2D eigenvalue weighted by atomic mass is 9.95. The molecule has 0 atom stereocenters. The number of halogens is 3. The number of hydrogen-bond acceptors (Lipinski definition) is 6. The minimum Gasteiger partial charge on any atom is -0.381 e. The number of Topliss-reactive ketones (excluding diaryl/α,β-unsaturated/α-hetero) is 1. The highest BCUT2D eigenvalue weighted by atomic mass is 19.1. The topological polar surface area (TPSA) is 93.5 Å². The van der Waals surface area contributed by atoms with E-state index < -0.39 is 34.5 Å². The summed E-state index contributed by atoms with van der Waals surface area (Å²) in [6.45, 7) is 3.14. The highest BCUT2D eigenvalue weighted by Gasteiger charge is 2.40. The first kappa shape index (κ1) is 21.2. The lowest BCUT2D eigenvalue weighted by molar-refractivity contribution is -0.128. The first-order valence-electron chi connectivity index (χ1n) is 9.36. The summed E-state index contributed by atoms with van der Waals surface area (Å²) in [6, 6.07) is 6.97. The Kier molecular flexibility index (Phi) is 5.21. The van der Waals surface area contributed by atoms with Crippen LogP contribution in [0.1, 0.15) is 29.8 Å². The van der Waals surface area contributed by atoms with Crippen molar-refractivity contribution in [3.63, 3.8) is 0 Å². The second-order valence-corrected chi connectivity index (χ2v) is 7.40. The number of anilines is 1. The predicted octanol–water partition coefficient (Wildman–Crippen LogP) is 3.90. The van der Waals surface area contributed by atoms with Crippen LogP contribution in [0, 0.1) is 17.5 Å². The van der Waals surface area contributed by atoms with E-state index >= 15 is 0 Å². The number of nitrogens with one attached hydrogen (secondary N) is 1. The fourth-order valence-corrected chi connectivity index (χ4v) is 3.01. The van der Waals surface area contributed by atoms with Crippen LogP contribution in [0.5, 0.6) is 0 Å². The van der Waals surface area contributed by atoms with Crippen LogP contribution in [0.15, 0.2) is 53.9 Å². The molecule has 32 heavy (non-hydrogen) atoms. The summed E-state index contributed by atoms with van der Waals surface area (Å²) in [4.78, 5) is 37.7. The molecule has 0 bridgehead atoms. The Morgan fingerprint density at radius 2 is 1.72 bits per heavy atom. The summed E-state index contributed by atoms with van der Waals surface area (Å²) in [5.74, 6) is -4.16. The average Bonchev–Trinajstić information content (AvgIpc) is 3.02. The van der Waals surface area contributed by atoms with Crippen molar-refractivity contribution in [1.29, 1.82) is 0 Å². The van der Waals surface area contributed by atoms with E-state index in [4.69, 9.17) is 4.84 Å². The number of rotatable bonds is 4. The largest absolute Gasteiger partial charge is 0.381 e. The zero-order valence-corrected chi connectivity index (χ0v) is 16.8. The van der Waals surface area contributed by atoms with Gasteiger partial charge in [0, 0.05) is 11.1 Å². The molecule has 3 aromatic rings. The zero-order chi connectivity index (χ0) is 23.0. The van der Waals surface area contributed by atoms with Crippen molar-refractivity contribution < 1.29 is 27.6 Å². The quantitative estimate of drug-likeness (QED) is 0.664. The summed E-state index contributed by atoms with van der Waals surface area (Å²) in [6.07, 6.45) is 2.29. The van der Waals surface area contributed by atoms with Crippen LogP contribution in [0.2, 0.25) is 0 Å². The summed E-state index contributed by atoms with van der Waals surface area (Å²) in [7, 11) is 0. The highest BCUT2D eigenvalue weighted by molar-refractivity contribution is 6.49. The van der Waals surface area contributed by atoms with E-state index in [2.05, 4.69) is 20.4 Å². The molecule has 0 aliphatic carbocycles. The van der Waals surface area contributed by atoms with E-state index in [1.807, 2.05) is 0 Å². The molecule has 1 amide bonds. The third-order valence-corrected chi connectivity index (χ3v) is 4.73. The standard InChI is InChI=1S/C22H15F3N4O3/c1-22(2)20(30)19(29-32-22)11-6-7-13(23)12(8-11)16-9-27-17(10-26-16)28-21(31)18-14(24)4-3-5-15(18)25/h3-10H,1-2H3,(H,27,28,31). The van der Waals surface area contributed by atoms with Crippen LogP contribution in [-0.4, -0.2) is 33.0 Å². The minimum atomic E-state index is -1.11. The molecule has 4 rings (SSSR count). The maximum atomic E-state index is 14.4. The molecule has 0 fully saturated rings. The van der Waals surface area contributed by atoms with Gasteiger partial charge in [0.1, 0.15) is 23.0 Å². The molecule has 1 N–H and O–H groups in total. The molecular formula is C22H15F3N4O3. The van der Waals surface area contributed by atoms with Gasteiger partial charge >= 0.3 is 0 Å². The summed E-state index contributed by atoms with van der Waals surface area (Å²) >= 11 is 0. The molecule has 1 aromatic heterocycles. The van der Waals surface area contributed by atoms with Crippen LogP contribution in [0.3, 0.4) is 0 Å². The van der Waals surface area contributed by atoms with E-state index in [-0.39, 0.29) is 28.6 Å². The highest BCUT2D eigenvalue weighted by Crippen LogP contribution is 2.27. The van der Waals surface area contributed by atoms with Gasteiger partial charge in [-0.25, -0.2) is 18.2 Å². The van der Waals surface area contributed by atoms with Crippen molar-refractivity contribution in [2.75, 3.05) is 5.32 Å². The van der Waals surface area contributed by atoms with Crippen LogP contribution in [-0.2, 0) is 9.63 Å². The van der Waals surface area contributed by atoms with Crippen molar-refractivity contribution in [3.05, 3.63) is 77.4 Å². The molecule has 1 aliphatic heterocycles. The normalized spacial score (nSPS) is 14.7. The van der Waals surface area contributed by atoms with Crippen molar-refractivity contribution in [3.8, 4) is 11.3 Å². The number of amides is 1. The van der Waals surface area contributed by atoms with E-state index in [0.717, 1.165) is 30.5 Å². The van der Waals surface area contributed by atoms with Crippen LogP contribution >= 0.6 is 0 Å². The predicted molar refractivity (Wildman–Crippen MR) is 108 cm³/mol. The first-order chi connectivity index (χ1) is 15.2. The number of nitrogens with zero attached hydrogens (tertiary/aromatic N) is 3. The second kappa shape index (κ2) is 7.88. The van der Waals surface area contributed by atoms with Gasteiger partial charge in [0.2, 0.25) is 5.78 Å². The second-order valence-electron chi connectivity index (χ2n) is 7.40. The summed E-state index contributed by atoms with van der Waals surface area (Å²) in [5.41, 5.74) is -1.34. The van der Waals surface area contributed by atoms with Gasteiger partial charge in [-0.3, -0.25) is 14.6 Å². The third-order valence-electron chi connectivity index (χ3n) is 4.73. The fraction of sp³-hybridized carbons (Fsp3) is 0.136. The van der Waals surface area contributed by atoms with Gasteiger partial charge in [-0.2, -0.15) is 0 Å². The Bertz CT molecular complexity index is 1250. The van der Waals surface area contributed by atoms with Crippen molar-refractivity contribution >= 4 is 23.2 Å². The van der Waals surface area contributed by atoms with Crippen molar-refractivity contribution in [1.82, 2.24) is 9.97 Å². The third kappa shape index (κ3) is 3.82. The molecule has 0 saturated heterocycles. The molecule has 10 heteroatoms. The summed E-state index contributed by atoms with van der Waals surface area (Å²) in [5, 5.41) is 6.03. The van der Waals surface area contributed by atoms with Gasteiger partial charge in [0.15, 0.2) is 17.1 Å². The zero-order valence-electron chi connectivity index (χ0n) is 16.8. The number of oxime groups is 1. The molecule has 0 saturated carbocycles. The number of aromatic nitrogens is 2. The molecule has 0 spiro atoms. The van der Waals surface area contributed by atoms with Gasteiger partial charge in [0.25, 0.3) is 5.91 Å². The molecule has 0 unspecified atom stereocenters. The van der Waals surface area contributed by atoms with Crippen LogP contribution in [0.4, 0.5) is 19.0 Å². The van der Waals surface area contributed by atoms with E-state index in [0.29, 0.717) is 5.56 Å². The number of carbonyl (C=O) groups excluding carboxylic acids is 2.